The van der Waals surface area contributed by atoms with Gasteiger partial charge in [-0.2, -0.15) is 0 Å². The Morgan fingerprint density at radius 1 is 1.22 bits per heavy atom. The van der Waals surface area contributed by atoms with E-state index in [4.69, 9.17) is 4.74 Å². The van der Waals surface area contributed by atoms with Crippen molar-refractivity contribution in [2.45, 2.75) is 18.9 Å². The van der Waals surface area contributed by atoms with Gasteiger partial charge in [-0.05, 0) is 39.1 Å². The zero-order valence-electron chi connectivity index (χ0n) is 13.9. The molecule has 1 aromatic carbocycles. The molecule has 1 fully saturated rings. The minimum absolute atomic E-state index is 0.0925. The maximum Gasteiger partial charge on any atom is 0.270 e. The molecular weight excluding hydrogens is 290 g/mol. The van der Waals surface area contributed by atoms with Crippen LogP contribution >= 0.6 is 0 Å². The van der Waals surface area contributed by atoms with Gasteiger partial charge in [0.05, 0.1) is 0 Å². The van der Waals surface area contributed by atoms with Crippen LogP contribution in [0.25, 0.3) is 10.9 Å². The van der Waals surface area contributed by atoms with Gasteiger partial charge in [-0.3, -0.25) is 4.79 Å². The molecule has 0 aliphatic carbocycles. The molecule has 0 spiro atoms. The van der Waals surface area contributed by atoms with E-state index in [0.717, 1.165) is 50.0 Å². The molecular formula is C18H25N3O2. The highest BCUT2D eigenvalue weighted by molar-refractivity contribution is 5.98. The van der Waals surface area contributed by atoms with E-state index in [1.807, 2.05) is 49.3 Å². The molecule has 1 aromatic heterocycles. The number of hydrogen-bond acceptors (Lipinski definition) is 3. The molecule has 3 rings (SSSR count). The maximum atomic E-state index is 13.1. The van der Waals surface area contributed by atoms with Crippen LogP contribution in [0, 0.1) is 0 Å². The maximum absolute atomic E-state index is 13.1. The summed E-state index contributed by atoms with van der Waals surface area (Å²) >= 11 is 0. The lowest BCUT2D eigenvalue weighted by atomic mass is 10.1. The number of benzene rings is 1. The monoisotopic (exact) mass is 315 g/mol. The summed E-state index contributed by atoms with van der Waals surface area (Å²) in [6, 6.07) is 10.2. The minimum Gasteiger partial charge on any atom is -0.381 e. The molecule has 1 N–H and O–H groups in total. The SMILES string of the molecule is CN(C)CCN(C(=O)c1cc2ccccc2[nH]1)C1CCOCC1. The van der Waals surface area contributed by atoms with Gasteiger partial charge in [-0.25, -0.2) is 0 Å². The van der Waals surface area contributed by atoms with Crippen molar-refractivity contribution in [2.24, 2.45) is 0 Å². The largest absolute Gasteiger partial charge is 0.381 e. The molecule has 0 saturated carbocycles. The van der Waals surface area contributed by atoms with Crippen LogP contribution < -0.4 is 0 Å². The topological polar surface area (TPSA) is 48.6 Å². The van der Waals surface area contributed by atoms with Crippen LogP contribution in [0.3, 0.4) is 0 Å². The van der Waals surface area contributed by atoms with Gasteiger partial charge in [0.25, 0.3) is 5.91 Å². The second-order valence-electron chi connectivity index (χ2n) is 6.42. The highest BCUT2D eigenvalue weighted by Crippen LogP contribution is 2.20. The number of hydrogen-bond donors (Lipinski definition) is 1. The zero-order chi connectivity index (χ0) is 16.2. The van der Waals surface area contributed by atoms with E-state index in [0.29, 0.717) is 5.69 Å². The third kappa shape index (κ3) is 3.74. The zero-order valence-corrected chi connectivity index (χ0v) is 13.9. The molecule has 2 heterocycles. The first-order valence-electron chi connectivity index (χ1n) is 8.26. The van der Waals surface area contributed by atoms with Gasteiger partial charge >= 0.3 is 0 Å². The van der Waals surface area contributed by atoms with Gasteiger partial charge in [-0.1, -0.05) is 18.2 Å². The summed E-state index contributed by atoms with van der Waals surface area (Å²) in [7, 11) is 4.07. The van der Waals surface area contributed by atoms with Crippen molar-refractivity contribution in [3.05, 3.63) is 36.0 Å². The first-order chi connectivity index (χ1) is 11.1. The lowest BCUT2D eigenvalue weighted by Gasteiger charge is -2.34. The van der Waals surface area contributed by atoms with Crippen molar-refractivity contribution in [1.29, 1.82) is 0 Å². The van der Waals surface area contributed by atoms with Crippen LogP contribution in [0.2, 0.25) is 0 Å². The number of H-pyrrole nitrogens is 1. The Morgan fingerprint density at radius 3 is 2.65 bits per heavy atom. The first kappa shape index (κ1) is 16.0. The summed E-state index contributed by atoms with van der Waals surface area (Å²) in [6.45, 7) is 3.08. The van der Waals surface area contributed by atoms with E-state index in [-0.39, 0.29) is 11.9 Å². The Bertz CT molecular complexity index is 626. The fourth-order valence-corrected chi connectivity index (χ4v) is 3.10. The number of fused-ring (bicyclic) bond motifs is 1. The van der Waals surface area contributed by atoms with Gasteiger partial charge in [0.2, 0.25) is 0 Å². The fourth-order valence-electron chi connectivity index (χ4n) is 3.10. The molecule has 2 aromatic rings. The number of carbonyl (C=O) groups excluding carboxylic acids is 1. The van der Waals surface area contributed by atoms with E-state index >= 15 is 0 Å². The van der Waals surface area contributed by atoms with Gasteiger partial charge < -0.3 is 19.5 Å². The number of nitrogens with one attached hydrogen (secondary N) is 1. The summed E-state index contributed by atoms with van der Waals surface area (Å²) in [5, 5.41) is 1.08. The second kappa shape index (κ2) is 7.15. The third-order valence-corrected chi connectivity index (χ3v) is 4.44. The van der Waals surface area contributed by atoms with Crippen LogP contribution in [0.1, 0.15) is 23.3 Å². The average molecular weight is 315 g/mol. The van der Waals surface area contributed by atoms with E-state index in [1.54, 1.807) is 0 Å². The second-order valence-corrected chi connectivity index (χ2v) is 6.42. The number of aromatic amines is 1. The molecule has 0 radical (unpaired) electrons. The van der Waals surface area contributed by atoms with Crippen LogP contribution in [-0.2, 0) is 4.74 Å². The minimum atomic E-state index is 0.0925. The predicted molar refractivity (Wildman–Crippen MR) is 91.7 cm³/mol. The number of rotatable bonds is 5. The van der Waals surface area contributed by atoms with Crippen LogP contribution in [0.15, 0.2) is 30.3 Å². The molecule has 5 heteroatoms. The lowest BCUT2D eigenvalue weighted by molar-refractivity contribution is 0.0273. The van der Waals surface area contributed by atoms with Crippen LogP contribution in [0.4, 0.5) is 0 Å². The molecule has 0 atom stereocenters. The van der Waals surface area contributed by atoms with Crippen molar-refractivity contribution >= 4 is 16.8 Å². The standard InChI is InChI=1S/C18H25N3O2/c1-20(2)9-10-21(15-7-11-23-12-8-15)18(22)17-13-14-5-3-4-6-16(14)19-17/h3-6,13,15,19H,7-12H2,1-2H3. The van der Waals surface area contributed by atoms with Crippen molar-refractivity contribution in [2.75, 3.05) is 40.4 Å². The van der Waals surface area contributed by atoms with Crippen molar-refractivity contribution in [3.63, 3.8) is 0 Å². The fraction of sp³-hybridized carbons (Fsp3) is 0.500. The van der Waals surface area contributed by atoms with Gasteiger partial charge in [-0.15, -0.1) is 0 Å². The van der Waals surface area contributed by atoms with E-state index < -0.39 is 0 Å². The Balaban J connectivity index is 1.82. The smallest absolute Gasteiger partial charge is 0.270 e. The number of para-hydroxylation sites is 1. The Labute approximate surface area is 137 Å². The van der Waals surface area contributed by atoms with Crippen LogP contribution in [-0.4, -0.2) is 67.1 Å². The number of amides is 1. The molecule has 124 valence electrons. The highest BCUT2D eigenvalue weighted by Gasteiger charge is 2.27. The quantitative estimate of drug-likeness (QED) is 0.921. The molecule has 1 amide bonds. The summed E-state index contributed by atoms with van der Waals surface area (Å²) in [6.07, 6.45) is 1.83. The molecule has 0 bridgehead atoms. The molecule has 1 aliphatic rings. The van der Waals surface area contributed by atoms with E-state index in [1.165, 1.54) is 0 Å². The Morgan fingerprint density at radius 2 is 1.96 bits per heavy atom. The number of ether oxygens (including phenoxy) is 1. The number of carbonyl (C=O) groups is 1. The van der Waals surface area contributed by atoms with Crippen molar-refractivity contribution in [3.8, 4) is 0 Å². The summed E-state index contributed by atoms with van der Waals surface area (Å²) in [5.74, 6) is 0.0925. The highest BCUT2D eigenvalue weighted by atomic mass is 16.5. The predicted octanol–water partition coefficient (Wildman–Crippen LogP) is 2.35. The van der Waals surface area contributed by atoms with Gasteiger partial charge in [0.15, 0.2) is 0 Å². The summed E-state index contributed by atoms with van der Waals surface area (Å²) < 4.78 is 5.45. The number of nitrogens with zero attached hydrogens (tertiary/aromatic N) is 2. The Kier molecular flexibility index (Phi) is 4.98. The molecule has 0 unspecified atom stereocenters. The molecule has 1 saturated heterocycles. The first-order valence-corrected chi connectivity index (χ1v) is 8.26. The van der Waals surface area contributed by atoms with E-state index in [2.05, 4.69) is 9.88 Å². The number of likely N-dealkylation sites (N-methyl/N-ethyl adjacent to an activating group) is 1. The lowest BCUT2D eigenvalue weighted by Crippen LogP contribution is -2.46. The summed E-state index contributed by atoms with van der Waals surface area (Å²) in [5.41, 5.74) is 1.69. The van der Waals surface area contributed by atoms with Gasteiger partial charge in [0, 0.05) is 43.2 Å². The molecule has 1 aliphatic heterocycles. The number of aromatic nitrogens is 1. The Hall–Kier alpha value is -1.85. The summed E-state index contributed by atoms with van der Waals surface area (Å²) in [4.78, 5) is 20.5. The van der Waals surface area contributed by atoms with Crippen molar-refractivity contribution < 1.29 is 9.53 Å². The third-order valence-electron chi connectivity index (χ3n) is 4.44. The molecule has 23 heavy (non-hydrogen) atoms. The van der Waals surface area contributed by atoms with E-state index in [9.17, 15) is 4.79 Å². The molecule has 5 nitrogen and oxygen atoms in total. The van der Waals surface area contributed by atoms with Gasteiger partial charge in [0.1, 0.15) is 5.69 Å². The average Bonchev–Trinajstić information content (AvgIpc) is 2.99. The van der Waals surface area contributed by atoms with Crippen LogP contribution in [0.5, 0.6) is 0 Å². The van der Waals surface area contributed by atoms with Crippen molar-refractivity contribution in [1.82, 2.24) is 14.8 Å². The normalized spacial score (nSPS) is 16.1.